The van der Waals surface area contributed by atoms with Gasteiger partial charge in [0, 0.05) is 19.5 Å². The molecular weight excluding hydrogens is 1000 g/mol. The summed E-state index contributed by atoms with van der Waals surface area (Å²) in [4.78, 5) is 57.1. The van der Waals surface area contributed by atoms with Gasteiger partial charge in [-0.05, 0) is 140 Å². The van der Waals surface area contributed by atoms with E-state index in [0.29, 0.717) is 29.4 Å². The van der Waals surface area contributed by atoms with Crippen molar-refractivity contribution in [3.63, 3.8) is 0 Å². The number of methoxy groups -OCH3 is 4. The average molecular weight is 1090 g/mol. The van der Waals surface area contributed by atoms with Gasteiger partial charge in [0.15, 0.2) is 46.4 Å². The van der Waals surface area contributed by atoms with E-state index in [9.17, 15) is 29.4 Å². The number of esters is 4. The predicted molar refractivity (Wildman–Crippen MR) is 285 cm³/mol. The molecule has 0 bridgehead atoms. The van der Waals surface area contributed by atoms with E-state index < -0.39 is 65.7 Å². The standard InChI is InChI=1S/C30H41NO8.C30H39NO8/c2*1-28(2,3)9-6-11-30(34,17-24(32)36-5)27(33)39-26-23(35-4)16-29-10-7-12-31(29)13-8-19-14-21-22(38-18-37-21)15-20(19)25(26)29/h14-16,25-26,34H,6-13,17-18H2,1-5H3;6,9,14-16,25-26,34H,7-8,10-13,17-18H2,1-5H3/b;9-6+/t2*25-,26-,29+,30-/m11/s1. The monoisotopic (exact) mass is 1080 g/mol. The van der Waals surface area contributed by atoms with Crippen molar-refractivity contribution in [1.82, 2.24) is 9.80 Å². The Hall–Kier alpha value is -5.82. The Morgan fingerprint density at radius 3 is 1.49 bits per heavy atom. The summed E-state index contributed by atoms with van der Waals surface area (Å²) in [5.74, 6) is 0.270. The van der Waals surface area contributed by atoms with E-state index in [-0.39, 0.29) is 54.6 Å². The van der Waals surface area contributed by atoms with Crippen LogP contribution in [0.1, 0.15) is 140 Å². The third kappa shape index (κ3) is 11.1. The number of benzene rings is 2. The van der Waals surface area contributed by atoms with Crippen molar-refractivity contribution in [2.75, 3.05) is 68.2 Å². The second-order valence-electron chi connectivity index (χ2n) is 24.5. The molecule has 10 rings (SSSR count). The van der Waals surface area contributed by atoms with Gasteiger partial charge >= 0.3 is 23.9 Å². The molecule has 0 aromatic heterocycles. The van der Waals surface area contributed by atoms with Crippen LogP contribution >= 0.6 is 0 Å². The molecule has 2 spiro atoms. The number of allylic oxidation sites excluding steroid dienone is 1. The first-order valence-electron chi connectivity index (χ1n) is 27.6. The molecule has 18 heteroatoms. The van der Waals surface area contributed by atoms with Crippen LogP contribution in [-0.4, -0.2) is 147 Å². The summed E-state index contributed by atoms with van der Waals surface area (Å²) in [7, 11) is 5.63. The molecule has 6 aliphatic heterocycles. The molecule has 2 N–H and O–H groups in total. The maximum absolute atomic E-state index is 13.8. The van der Waals surface area contributed by atoms with Crippen LogP contribution in [0.15, 0.2) is 60.1 Å². The number of carbonyl (C=O) groups is 4. The number of rotatable bonds is 15. The number of ether oxygens (including phenoxy) is 10. The van der Waals surface area contributed by atoms with E-state index in [1.165, 1.54) is 14.2 Å². The minimum atomic E-state index is -2.10. The Labute approximate surface area is 458 Å². The third-order valence-electron chi connectivity index (χ3n) is 17.1. The molecule has 0 amide bonds. The minimum Gasteiger partial charge on any atom is -0.497 e. The Kier molecular flexibility index (Phi) is 16.1. The van der Waals surface area contributed by atoms with Crippen LogP contribution in [-0.2, 0) is 60.4 Å². The summed E-state index contributed by atoms with van der Waals surface area (Å²) in [6.45, 7) is 16.2. The van der Waals surface area contributed by atoms with Crippen molar-refractivity contribution in [2.24, 2.45) is 10.8 Å². The van der Waals surface area contributed by atoms with E-state index in [1.807, 2.05) is 51.1 Å². The fourth-order valence-corrected chi connectivity index (χ4v) is 13.3. The van der Waals surface area contributed by atoms with Crippen molar-refractivity contribution in [2.45, 2.75) is 165 Å². The molecule has 18 nitrogen and oxygen atoms in total. The molecule has 2 fully saturated rings. The normalized spacial score (nSPS) is 27.1. The summed E-state index contributed by atoms with van der Waals surface area (Å²) in [6, 6.07) is 8.09. The van der Waals surface area contributed by atoms with Gasteiger partial charge in [0.2, 0.25) is 13.6 Å². The predicted octanol–water partition coefficient (Wildman–Crippen LogP) is 7.49. The van der Waals surface area contributed by atoms with Gasteiger partial charge in [0.25, 0.3) is 0 Å². The molecule has 0 unspecified atom stereocenters. The first kappa shape index (κ1) is 56.9. The van der Waals surface area contributed by atoms with Crippen molar-refractivity contribution in [3.8, 4) is 23.0 Å². The highest BCUT2D eigenvalue weighted by molar-refractivity contribution is 5.87. The molecular formula is C60H80N2O16. The van der Waals surface area contributed by atoms with Gasteiger partial charge in [-0.2, -0.15) is 0 Å². The van der Waals surface area contributed by atoms with Crippen LogP contribution < -0.4 is 18.9 Å². The first-order chi connectivity index (χ1) is 37.0. The Morgan fingerprint density at radius 1 is 0.628 bits per heavy atom. The van der Waals surface area contributed by atoms with E-state index in [0.717, 1.165) is 105 Å². The summed E-state index contributed by atoms with van der Waals surface area (Å²) < 4.78 is 56.5. The SMILES string of the molecule is COC(=O)C[C@](O)(C/C=C/C(C)(C)C)C(=O)O[C@@H]1C(OC)=C[C@]23CCCN2CCc2cc4c(cc2[C@H]13)OCO4.COC(=O)C[C@](O)(CCCC(C)(C)C)C(=O)O[C@@H]1C(OC)=C[C@]23CCCN2CCc2cc4c(cc2[C@H]13)OCO4. The molecule has 2 aromatic carbocycles. The molecule has 8 atom stereocenters. The van der Waals surface area contributed by atoms with Crippen molar-refractivity contribution in [3.05, 3.63) is 82.3 Å². The highest BCUT2D eigenvalue weighted by Gasteiger charge is 2.61. The van der Waals surface area contributed by atoms with Gasteiger partial charge in [0.1, 0.15) is 11.5 Å². The lowest BCUT2D eigenvalue weighted by Gasteiger charge is -2.39. The smallest absolute Gasteiger partial charge is 0.339 e. The van der Waals surface area contributed by atoms with Gasteiger partial charge in [-0.25, -0.2) is 9.59 Å². The molecule has 6 heterocycles. The number of hydrogen-bond donors (Lipinski definition) is 2. The highest BCUT2D eigenvalue weighted by atomic mass is 16.7. The second kappa shape index (κ2) is 22.0. The van der Waals surface area contributed by atoms with Gasteiger partial charge < -0.3 is 57.6 Å². The number of fused-ring (bicyclic) bond motifs is 6. The molecule has 78 heavy (non-hydrogen) atoms. The number of carbonyl (C=O) groups excluding carboxylic acids is 4. The number of nitrogens with zero attached hydrogens (tertiary/aromatic N) is 2. The van der Waals surface area contributed by atoms with E-state index in [4.69, 9.17) is 47.4 Å². The van der Waals surface area contributed by atoms with Crippen LogP contribution in [0.4, 0.5) is 0 Å². The third-order valence-corrected chi connectivity index (χ3v) is 17.1. The van der Waals surface area contributed by atoms with E-state index >= 15 is 0 Å². The van der Waals surface area contributed by atoms with E-state index in [1.54, 1.807) is 20.3 Å². The van der Waals surface area contributed by atoms with Crippen LogP contribution in [0, 0.1) is 10.8 Å². The van der Waals surface area contributed by atoms with Crippen molar-refractivity contribution < 1.29 is 76.8 Å². The zero-order valence-corrected chi connectivity index (χ0v) is 47.2. The molecule has 0 radical (unpaired) electrons. The van der Waals surface area contributed by atoms with Crippen molar-refractivity contribution >= 4 is 23.9 Å². The van der Waals surface area contributed by atoms with Crippen LogP contribution in [0.2, 0.25) is 0 Å². The van der Waals surface area contributed by atoms with Crippen LogP contribution in [0.25, 0.3) is 0 Å². The Morgan fingerprint density at radius 2 is 1.06 bits per heavy atom. The zero-order chi connectivity index (χ0) is 56.0. The highest BCUT2D eigenvalue weighted by Crippen LogP contribution is 2.58. The van der Waals surface area contributed by atoms with Crippen LogP contribution in [0.5, 0.6) is 23.0 Å². The van der Waals surface area contributed by atoms with Gasteiger partial charge in [0.05, 0.1) is 64.2 Å². The maximum atomic E-state index is 13.8. The molecule has 2 aliphatic carbocycles. The zero-order valence-electron chi connectivity index (χ0n) is 47.2. The molecule has 426 valence electrons. The second-order valence-corrected chi connectivity index (χ2v) is 24.5. The van der Waals surface area contributed by atoms with Gasteiger partial charge in [-0.15, -0.1) is 0 Å². The topological polar surface area (TPSA) is 208 Å². The number of aliphatic hydroxyl groups is 2. The Balaban J connectivity index is 0.000000190. The van der Waals surface area contributed by atoms with Gasteiger partial charge in [-0.3, -0.25) is 19.4 Å². The lowest BCUT2D eigenvalue weighted by Crippen LogP contribution is -2.49. The first-order valence-corrected chi connectivity index (χ1v) is 27.6. The maximum Gasteiger partial charge on any atom is 0.339 e. The quantitative estimate of drug-likeness (QED) is 0.101. The summed E-state index contributed by atoms with van der Waals surface area (Å²) in [6.07, 6.45) is 12.1. The fraction of sp³-hybridized carbons (Fsp3) is 0.633. The lowest BCUT2D eigenvalue weighted by molar-refractivity contribution is -0.178. The molecule has 2 saturated heterocycles. The van der Waals surface area contributed by atoms with Gasteiger partial charge in [-0.1, -0.05) is 53.7 Å². The minimum absolute atomic E-state index is 0.0158. The summed E-state index contributed by atoms with van der Waals surface area (Å²) >= 11 is 0. The Bertz CT molecular complexity index is 2720. The fourth-order valence-electron chi connectivity index (χ4n) is 13.3. The largest absolute Gasteiger partial charge is 0.497 e. The molecule has 0 saturated carbocycles. The average Bonchev–Trinajstić information content (AvgIpc) is 4.29. The summed E-state index contributed by atoms with van der Waals surface area (Å²) in [5.41, 5.74) is -0.745. The van der Waals surface area contributed by atoms with E-state index in [2.05, 4.69) is 42.7 Å². The molecule has 8 aliphatic rings. The number of hydrogen-bond acceptors (Lipinski definition) is 18. The van der Waals surface area contributed by atoms with Crippen molar-refractivity contribution in [1.29, 1.82) is 0 Å². The summed E-state index contributed by atoms with van der Waals surface area (Å²) in [5, 5.41) is 23.1. The lowest BCUT2D eigenvalue weighted by atomic mass is 9.77. The molecule has 2 aromatic rings. The van der Waals surface area contributed by atoms with Crippen LogP contribution in [0.3, 0.4) is 0 Å².